The first-order chi connectivity index (χ1) is 6.60. The maximum Gasteiger partial charge on any atom is 0.0911 e. The normalized spacial score (nSPS) is 32.1. The lowest BCUT2D eigenvalue weighted by atomic mass is 9.91. The standard InChI is InChI=1S/C12H17NO/c1-9-2-4-10(5-3-9)12(14)7-6-11(13)8-12/h2-5,11,14H,6-8,13H2,1H3. The first kappa shape index (κ1) is 9.69. The third-order valence-corrected chi connectivity index (χ3v) is 3.12. The molecule has 1 aliphatic rings. The van der Waals surface area contributed by atoms with Crippen LogP contribution in [0.4, 0.5) is 0 Å². The zero-order valence-corrected chi connectivity index (χ0v) is 8.53. The van der Waals surface area contributed by atoms with Gasteiger partial charge < -0.3 is 10.8 Å². The molecule has 0 aliphatic heterocycles. The molecule has 1 aliphatic carbocycles. The summed E-state index contributed by atoms with van der Waals surface area (Å²) < 4.78 is 0. The van der Waals surface area contributed by atoms with E-state index in [1.165, 1.54) is 5.56 Å². The molecule has 2 atom stereocenters. The fourth-order valence-corrected chi connectivity index (χ4v) is 2.19. The molecule has 2 nitrogen and oxygen atoms in total. The van der Waals surface area contributed by atoms with Gasteiger partial charge in [-0.1, -0.05) is 29.8 Å². The van der Waals surface area contributed by atoms with E-state index in [1.807, 2.05) is 31.2 Å². The molecule has 2 unspecified atom stereocenters. The molecule has 0 aromatic heterocycles. The van der Waals surface area contributed by atoms with Gasteiger partial charge in [-0.25, -0.2) is 0 Å². The molecule has 1 aromatic carbocycles. The molecule has 0 spiro atoms. The molecule has 0 bridgehead atoms. The van der Waals surface area contributed by atoms with E-state index in [9.17, 15) is 5.11 Å². The van der Waals surface area contributed by atoms with Crippen molar-refractivity contribution in [1.29, 1.82) is 0 Å². The van der Waals surface area contributed by atoms with Gasteiger partial charge in [-0.3, -0.25) is 0 Å². The van der Waals surface area contributed by atoms with E-state index in [0.29, 0.717) is 6.42 Å². The number of rotatable bonds is 1. The summed E-state index contributed by atoms with van der Waals surface area (Å²) >= 11 is 0. The van der Waals surface area contributed by atoms with Gasteiger partial charge in [0, 0.05) is 6.04 Å². The van der Waals surface area contributed by atoms with Crippen LogP contribution in [0.5, 0.6) is 0 Å². The minimum atomic E-state index is -0.673. The van der Waals surface area contributed by atoms with Crippen molar-refractivity contribution in [3.63, 3.8) is 0 Å². The summed E-state index contributed by atoms with van der Waals surface area (Å²) in [5.41, 5.74) is 7.38. The van der Waals surface area contributed by atoms with Gasteiger partial charge in [0.2, 0.25) is 0 Å². The van der Waals surface area contributed by atoms with Crippen LogP contribution in [0.25, 0.3) is 0 Å². The number of benzene rings is 1. The summed E-state index contributed by atoms with van der Waals surface area (Å²) in [5.74, 6) is 0. The summed E-state index contributed by atoms with van der Waals surface area (Å²) in [6.45, 7) is 2.05. The fourth-order valence-electron chi connectivity index (χ4n) is 2.19. The van der Waals surface area contributed by atoms with Crippen molar-refractivity contribution in [2.24, 2.45) is 5.73 Å². The first-order valence-electron chi connectivity index (χ1n) is 5.15. The summed E-state index contributed by atoms with van der Waals surface area (Å²) in [7, 11) is 0. The molecule has 76 valence electrons. The van der Waals surface area contributed by atoms with Crippen LogP contribution >= 0.6 is 0 Å². The molecule has 1 saturated carbocycles. The number of hydrogen-bond acceptors (Lipinski definition) is 2. The second-order valence-corrected chi connectivity index (χ2v) is 4.40. The quantitative estimate of drug-likeness (QED) is 0.709. The summed E-state index contributed by atoms with van der Waals surface area (Å²) in [6, 6.07) is 8.25. The van der Waals surface area contributed by atoms with Crippen molar-refractivity contribution >= 4 is 0 Å². The molecular formula is C12H17NO. The van der Waals surface area contributed by atoms with E-state index < -0.39 is 5.60 Å². The van der Waals surface area contributed by atoms with Crippen LogP contribution < -0.4 is 5.73 Å². The van der Waals surface area contributed by atoms with Crippen LogP contribution in [-0.4, -0.2) is 11.1 Å². The predicted molar refractivity (Wildman–Crippen MR) is 56.9 cm³/mol. The molecule has 14 heavy (non-hydrogen) atoms. The Morgan fingerprint density at radius 1 is 1.36 bits per heavy atom. The van der Waals surface area contributed by atoms with E-state index in [0.717, 1.165) is 18.4 Å². The average Bonchev–Trinajstić information content (AvgIpc) is 2.48. The van der Waals surface area contributed by atoms with Crippen molar-refractivity contribution in [1.82, 2.24) is 0 Å². The van der Waals surface area contributed by atoms with Crippen molar-refractivity contribution in [3.05, 3.63) is 35.4 Å². The maximum atomic E-state index is 10.3. The Balaban J connectivity index is 2.26. The van der Waals surface area contributed by atoms with E-state index in [1.54, 1.807) is 0 Å². The zero-order valence-electron chi connectivity index (χ0n) is 8.53. The highest BCUT2D eigenvalue weighted by molar-refractivity contribution is 5.27. The SMILES string of the molecule is Cc1ccc(C2(O)CCC(N)C2)cc1. The molecule has 0 heterocycles. The fraction of sp³-hybridized carbons (Fsp3) is 0.500. The van der Waals surface area contributed by atoms with Crippen molar-refractivity contribution in [3.8, 4) is 0 Å². The van der Waals surface area contributed by atoms with Crippen LogP contribution in [0.15, 0.2) is 24.3 Å². The van der Waals surface area contributed by atoms with Gasteiger partial charge in [-0.2, -0.15) is 0 Å². The second kappa shape index (κ2) is 3.37. The minimum Gasteiger partial charge on any atom is -0.385 e. The third kappa shape index (κ3) is 1.68. The highest BCUT2D eigenvalue weighted by Crippen LogP contribution is 2.37. The zero-order chi connectivity index (χ0) is 10.2. The molecule has 2 heteroatoms. The monoisotopic (exact) mass is 191 g/mol. The minimum absolute atomic E-state index is 0.154. The number of aryl methyl sites for hydroxylation is 1. The van der Waals surface area contributed by atoms with Crippen LogP contribution in [0.2, 0.25) is 0 Å². The van der Waals surface area contributed by atoms with E-state index >= 15 is 0 Å². The molecule has 0 radical (unpaired) electrons. The van der Waals surface area contributed by atoms with Crippen molar-refractivity contribution in [2.75, 3.05) is 0 Å². The molecule has 2 rings (SSSR count). The average molecular weight is 191 g/mol. The predicted octanol–water partition coefficient (Wildman–Crippen LogP) is 1.69. The lowest BCUT2D eigenvalue weighted by Crippen LogP contribution is -2.25. The molecule has 1 fully saturated rings. The van der Waals surface area contributed by atoms with Gasteiger partial charge in [0.15, 0.2) is 0 Å². The Kier molecular flexibility index (Phi) is 2.33. The molecule has 0 saturated heterocycles. The molecule has 3 N–H and O–H groups in total. The first-order valence-corrected chi connectivity index (χ1v) is 5.15. The van der Waals surface area contributed by atoms with Gasteiger partial charge in [0.25, 0.3) is 0 Å². The summed E-state index contributed by atoms with van der Waals surface area (Å²) in [6.07, 6.45) is 2.40. The summed E-state index contributed by atoms with van der Waals surface area (Å²) in [5, 5.41) is 10.3. The number of nitrogens with two attached hydrogens (primary N) is 1. The second-order valence-electron chi connectivity index (χ2n) is 4.40. The Labute approximate surface area is 84.7 Å². The van der Waals surface area contributed by atoms with E-state index in [2.05, 4.69) is 0 Å². The smallest absolute Gasteiger partial charge is 0.0911 e. The Bertz CT molecular complexity index is 320. The Morgan fingerprint density at radius 2 is 2.00 bits per heavy atom. The van der Waals surface area contributed by atoms with Gasteiger partial charge in [-0.15, -0.1) is 0 Å². The van der Waals surface area contributed by atoms with Crippen LogP contribution in [-0.2, 0) is 5.60 Å². The van der Waals surface area contributed by atoms with Gasteiger partial charge in [-0.05, 0) is 31.7 Å². The van der Waals surface area contributed by atoms with E-state index in [4.69, 9.17) is 5.73 Å². The highest BCUT2D eigenvalue weighted by atomic mass is 16.3. The largest absolute Gasteiger partial charge is 0.385 e. The van der Waals surface area contributed by atoms with Gasteiger partial charge >= 0.3 is 0 Å². The lowest BCUT2D eigenvalue weighted by Gasteiger charge is -2.23. The molecule has 0 amide bonds. The van der Waals surface area contributed by atoms with Gasteiger partial charge in [0.1, 0.15) is 0 Å². The third-order valence-electron chi connectivity index (χ3n) is 3.12. The van der Waals surface area contributed by atoms with Gasteiger partial charge in [0.05, 0.1) is 5.60 Å². The number of aliphatic hydroxyl groups is 1. The van der Waals surface area contributed by atoms with Crippen LogP contribution in [0, 0.1) is 6.92 Å². The highest BCUT2D eigenvalue weighted by Gasteiger charge is 2.36. The van der Waals surface area contributed by atoms with Crippen molar-refractivity contribution < 1.29 is 5.11 Å². The lowest BCUT2D eigenvalue weighted by molar-refractivity contribution is 0.0431. The van der Waals surface area contributed by atoms with Crippen LogP contribution in [0.3, 0.4) is 0 Å². The Morgan fingerprint density at radius 3 is 2.50 bits per heavy atom. The number of hydrogen-bond donors (Lipinski definition) is 2. The topological polar surface area (TPSA) is 46.2 Å². The molecule has 1 aromatic rings. The maximum absolute atomic E-state index is 10.3. The summed E-state index contributed by atoms with van der Waals surface area (Å²) in [4.78, 5) is 0. The van der Waals surface area contributed by atoms with Crippen molar-refractivity contribution in [2.45, 2.75) is 37.8 Å². The van der Waals surface area contributed by atoms with E-state index in [-0.39, 0.29) is 6.04 Å². The van der Waals surface area contributed by atoms with Crippen LogP contribution in [0.1, 0.15) is 30.4 Å². The molecular weight excluding hydrogens is 174 g/mol. The Hall–Kier alpha value is -0.860.